The Hall–Kier alpha value is -2.34. The molecule has 0 atom stereocenters. The smallest absolute Gasteiger partial charge is 0.305 e. The van der Waals surface area contributed by atoms with Crippen LogP contribution in [0, 0.1) is 0 Å². The number of nitrogens with zero attached hydrogens (tertiary/aromatic N) is 2. The Morgan fingerprint density at radius 2 is 2.05 bits per heavy atom. The zero-order valence-corrected chi connectivity index (χ0v) is 12.5. The van der Waals surface area contributed by atoms with Gasteiger partial charge in [-0.15, -0.1) is 0 Å². The number of carboxylic acids is 1. The molecule has 0 radical (unpaired) electrons. The van der Waals surface area contributed by atoms with E-state index in [0.29, 0.717) is 19.5 Å². The number of fused-ring (bicyclic) bond motifs is 1. The minimum Gasteiger partial charge on any atom is -0.481 e. The standard InChI is InChI=1S/C16H20N2O4/c1-17(9-7-16(21)22)13-4-5-14-12(11-13)3-6-15(20)18(14)8-2-10-19/h3-6,11,19H,2,7-10H2,1H3,(H,21,22). The van der Waals surface area contributed by atoms with Crippen molar-refractivity contribution in [1.29, 1.82) is 0 Å². The first-order valence-corrected chi connectivity index (χ1v) is 7.20. The Labute approximate surface area is 128 Å². The molecule has 1 aromatic carbocycles. The molecule has 2 rings (SSSR count). The lowest BCUT2D eigenvalue weighted by Crippen LogP contribution is -2.22. The molecule has 0 amide bonds. The van der Waals surface area contributed by atoms with Crippen LogP contribution in [-0.2, 0) is 11.3 Å². The molecule has 0 aliphatic heterocycles. The largest absolute Gasteiger partial charge is 0.481 e. The first-order valence-electron chi connectivity index (χ1n) is 7.20. The van der Waals surface area contributed by atoms with Gasteiger partial charge in [-0.3, -0.25) is 9.59 Å². The van der Waals surface area contributed by atoms with E-state index in [0.717, 1.165) is 16.6 Å². The molecule has 0 saturated heterocycles. The van der Waals surface area contributed by atoms with Gasteiger partial charge in [-0.2, -0.15) is 0 Å². The van der Waals surface area contributed by atoms with Crippen molar-refractivity contribution in [2.24, 2.45) is 0 Å². The molecule has 0 aliphatic carbocycles. The fraction of sp³-hybridized carbons (Fsp3) is 0.375. The number of pyridine rings is 1. The molecule has 118 valence electrons. The van der Waals surface area contributed by atoms with Crippen molar-refractivity contribution in [2.75, 3.05) is 25.1 Å². The Morgan fingerprint density at radius 1 is 1.27 bits per heavy atom. The van der Waals surface area contributed by atoms with Gasteiger partial charge in [0.1, 0.15) is 0 Å². The summed E-state index contributed by atoms with van der Waals surface area (Å²) in [6.07, 6.45) is 0.601. The molecule has 6 nitrogen and oxygen atoms in total. The number of anilines is 1. The molecule has 6 heteroatoms. The van der Waals surface area contributed by atoms with Gasteiger partial charge in [-0.1, -0.05) is 0 Å². The van der Waals surface area contributed by atoms with Crippen LogP contribution >= 0.6 is 0 Å². The van der Waals surface area contributed by atoms with Crippen LogP contribution in [0.25, 0.3) is 10.9 Å². The molecule has 0 aliphatic rings. The van der Waals surface area contributed by atoms with Crippen LogP contribution in [0.4, 0.5) is 5.69 Å². The fourth-order valence-corrected chi connectivity index (χ4v) is 2.38. The molecule has 0 bridgehead atoms. The van der Waals surface area contributed by atoms with Crippen molar-refractivity contribution >= 4 is 22.6 Å². The maximum atomic E-state index is 11.9. The summed E-state index contributed by atoms with van der Waals surface area (Å²) in [6, 6.07) is 8.95. The zero-order chi connectivity index (χ0) is 16.1. The van der Waals surface area contributed by atoms with E-state index >= 15 is 0 Å². The summed E-state index contributed by atoms with van der Waals surface area (Å²) in [5.41, 5.74) is 1.63. The average molecular weight is 304 g/mol. The van der Waals surface area contributed by atoms with Crippen LogP contribution in [0.3, 0.4) is 0 Å². The van der Waals surface area contributed by atoms with Gasteiger partial charge in [0.05, 0.1) is 11.9 Å². The predicted octanol–water partition coefficient (Wildman–Crippen LogP) is 1.29. The topological polar surface area (TPSA) is 82.8 Å². The van der Waals surface area contributed by atoms with E-state index in [1.807, 2.05) is 30.1 Å². The molecular weight excluding hydrogens is 284 g/mol. The van der Waals surface area contributed by atoms with Gasteiger partial charge in [-0.05, 0) is 30.7 Å². The number of carbonyl (C=O) groups is 1. The molecule has 0 spiro atoms. The number of aromatic nitrogens is 1. The Bertz CT molecular complexity index is 724. The Kier molecular flexibility index (Phi) is 5.16. The molecule has 0 unspecified atom stereocenters. The molecule has 1 heterocycles. The van der Waals surface area contributed by atoms with Crippen molar-refractivity contribution in [3.63, 3.8) is 0 Å². The SMILES string of the molecule is CN(CCC(=O)O)c1ccc2c(ccc(=O)n2CCCO)c1. The van der Waals surface area contributed by atoms with Gasteiger partial charge in [0.25, 0.3) is 5.56 Å². The van der Waals surface area contributed by atoms with Gasteiger partial charge < -0.3 is 19.7 Å². The number of hydrogen-bond donors (Lipinski definition) is 2. The Morgan fingerprint density at radius 3 is 2.73 bits per heavy atom. The monoisotopic (exact) mass is 304 g/mol. The summed E-state index contributed by atoms with van der Waals surface area (Å²) in [5, 5.41) is 18.6. The molecule has 2 aromatic rings. The maximum Gasteiger partial charge on any atom is 0.305 e. The number of aliphatic hydroxyl groups is 1. The van der Waals surface area contributed by atoms with Crippen molar-refractivity contribution in [3.05, 3.63) is 40.7 Å². The highest BCUT2D eigenvalue weighted by Gasteiger charge is 2.07. The van der Waals surface area contributed by atoms with E-state index in [1.165, 1.54) is 6.07 Å². The van der Waals surface area contributed by atoms with Crippen LogP contribution in [0.1, 0.15) is 12.8 Å². The van der Waals surface area contributed by atoms with E-state index in [2.05, 4.69) is 0 Å². The van der Waals surface area contributed by atoms with Crippen molar-refractivity contribution < 1.29 is 15.0 Å². The summed E-state index contributed by atoms with van der Waals surface area (Å²) in [7, 11) is 1.84. The maximum absolute atomic E-state index is 11.9. The van der Waals surface area contributed by atoms with E-state index in [1.54, 1.807) is 10.6 Å². The normalized spacial score (nSPS) is 10.8. The summed E-state index contributed by atoms with van der Waals surface area (Å²) in [5.74, 6) is -0.828. The zero-order valence-electron chi connectivity index (χ0n) is 12.5. The number of rotatable bonds is 7. The molecule has 1 aromatic heterocycles. The van der Waals surface area contributed by atoms with Crippen molar-refractivity contribution in [1.82, 2.24) is 4.57 Å². The summed E-state index contributed by atoms with van der Waals surface area (Å²) < 4.78 is 1.65. The molecule has 2 N–H and O–H groups in total. The molecule has 0 fully saturated rings. The quantitative estimate of drug-likeness (QED) is 0.805. The summed E-state index contributed by atoms with van der Waals surface area (Å²) in [4.78, 5) is 24.5. The van der Waals surface area contributed by atoms with Crippen LogP contribution in [0.5, 0.6) is 0 Å². The fourth-order valence-electron chi connectivity index (χ4n) is 2.38. The minimum atomic E-state index is -0.828. The lowest BCUT2D eigenvalue weighted by atomic mass is 10.1. The highest BCUT2D eigenvalue weighted by Crippen LogP contribution is 2.21. The van der Waals surface area contributed by atoms with E-state index in [-0.39, 0.29) is 18.6 Å². The van der Waals surface area contributed by atoms with E-state index in [9.17, 15) is 9.59 Å². The van der Waals surface area contributed by atoms with Crippen LogP contribution in [-0.4, -0.2) is 40.9 Å². The third-order valence-corrected chi connectivity index (χ3v) is 3.62. The minimum absolute atomic E-state index is 0.0405. The first-order chi connectivity index (χ1) is 10.5. The molecular formula is C16H20N2O4. The number of aliphatic hydroxyl groups excluding tert-OH is 1. The molecule has 0 saturated carbocycles. The number of hydrogen-bond acceptors (Lipinski definition) is 4. The van der Waals surface area contributed by atoms with Crippen LogP contribution < -0.4 is 10.5 Å². The second kappa shape index (κ2) is 7.09. The molecule has 22 heavy (non-hydrogen) atoms. The van der Waals surface area contributed by atoms with E-state index < -0.39 is 5.97 Å². The lowest BCUT2D eigenvalue weighted by Gasteiger charge is -2.19. The van der Waals surface area contributed by atoms with Gasteiger partial charge in [-0.25, -0.2) is 0 Å². The third kappa shape index (κ3) is 3.65. The summed E-state index contributed by atoms with van der Waals surface area (Å²) >= 11 is 0. The van der Waals surface area contributed by atoms with Gasteiger partial charge in [0.2, 0.25) is 0 Å². The third-order valence-electron chi connectivity index (χ3n) is 3.62. The van der Waals surface area contributed by atoms with Gasteiger partial charge >= 0.3 is 5.97 Å². The highest BCUT2D eigenvalue weighted by molar-refractivity contribution is 5.83. The number of benzene rings is 1. The van der Waals surface area contributed by atoms with Gasteiger partial charge in [0.15, 0.2) is 0 Å². The predicted molar refractivity (Wildman–Crippen MR) is 85.4 cm³/mol. The Balaban J connectivity index is 2.33. The lowest BCUT2D eigenvalue weighted by molar-refractivity contribution is -0.136. The van der Waals surface area contributed by atoms with Crippen LogP contribution in [0.2, 0.25) is 0 Å². The number of aryl methyl sites for hydroxylation is 1. The second-order valence-corrected chi connectivity index (χ2v) is 5.21. The average Bonchev–Trinajstić information content (AvgIpc) is 2.51. The number of aliphatic carboxylic acids is 1. The van der Waals surface area contributed by atoms with Crippen molar-refractivity contribution in [3.8, 4) is 0 Å². The highest BCUT2D eigenvalue weighted by atomic mass is 16.4. The van der Waals surface area contributed by atoms with Gasteiger partial charge in [0, 0.05) is 43.9 Å². The van der Waals surface area contributed by atoms with E-state index in [4.69, 9.17) is 10.2 Å². The van der Waals surface area contributed by atoms with Crippen molar-refractivity contribution in [2.45, 2.75) is 19.4 Å². The van der Waals surface area contributed by atoms with Crippen LogP contribution in [0.15, 0.2) is 35.1 Å². The number of carboxylic acid groups (broad SMARTS) is 1. The second-order valence-electron chi connectivity index (χ2n) is 5.21. The summed E-state index contributed by atoms with van der Waals surface area (Å²) in [6.45, 7) is 0.935. The first kappa shape index (κ1) is 16.0.